The number of hydrogen-bond donors (Lipinski definition) is 1. The van der Waals surface area contributed by atoms with Crippen molar-refractivity contribution in [2.75, 3.05) is 5.32 Å². The van der Waals surface area contributed by atoms with Gasteiger partial charge in [0.1, 0.15) is 0 Å². The molecule has 3 rings (SSSR count). The van der Waals surface area contributed by atoms with Crippen LogP contribution < -0.4 is 5.32 Å². The van der Waals surface area contributed by atoms with E-state index in [4.69, 9.17) is 11.6 Å². The van der Waals surface area contributed by atoms with E-state index in [2.05, 4.69) is 45.5 Å². The lowest BCUT2D eigenvalue weighted by atomic mass is 10.1. The first kappa shape index (κ1) is 12.1. The molecule has 2 aromatic rings. The van der Waals surface area contributed by atoms with Crippen LogP contribution in [0.15, 0.2) is 46.9 Å². The zero-order valence-corrected chi connectivity index (χ0v) is 12.1. The summed E-state index contributed by atoms with van der Waals surface area (Å²) in [6.07, 6.45) is 2.25. The van der Waals surface area contributed by atoms with Gasteiger partial charge in [-0.3, -0.25) is 0 Å². The summed E-state index contributed by atoms with van der Waals surface area (Å²) in [7, 11) is 0. The predicted octanol–water partition coefficient (Wildman–Crippen LogP) is 5.20. The maximum Gasteiger partial charge on any atom is 0.0520 e. The summed E-state index contributed by atoms with van der Waals surface area (Å²) in [5.74, 6) is 0. The Labute approximate surface area is 120 Å². The van der Waals surface area contributed by atoms with Crippen LogP contribution in [0, 0.1) is 0 Å². The molecule has 1 N–H and O–H groups in total. The van der Waals surface area contributed by atoms with Crippen LogP contribution in [0.5, 0.6) is 0 Å². The van der Waals surface area contributed by atoms with E-state index in [1.165, 1.54) is 15.6 Å². The van der Waals surface area contributed by atoms with E-state index >= 15 is 0 Å². The molecule has 0 radical (unpaired) electrons. The minimum absolute atomic E-state index is 0.385. The molecule has 0 fully saturated rings. The topological polar surface area (TPSA) is 12.0 Å². The molecule has 1 aliphatic rings. The molecular formula is C15H13BrClN. The van der Waals surface area contributed by atoms with Crippen LogP contribution in [-0.4, -0.2) is 0 Å². The summed E-state index contributed by atoms with van der Waals surface area (Å²) in [4.78, 5) is 0. The minimum atomic E-state index is 0.385. The molecule has 1 unspecified atom stereocenters. The molecule has 0 bridgehead atoms. The van der Waals surface area contributed by atoms with Crippen LogP contribution in [0.25, 0.3) is 0 Å². The van der Waals surface area contributed by atoms with E-state index < -0.39 is 0 Å². The van der Waals surface area contributed by atoms with Crippen molar-refractivity contribution in [2.45, 2.75) is 18.9 Å². The number of rotatable bonds is 2. The Morgan fingerprint density at radius 3 is 2.83 bits per heavy atom. The highest BCUT2D eigenvalue weighted by Gasteiger charge is 2.23. The van der Waals surface area contributed by atoms with Crippen LogP contribution in [0.4, 0.5) is 5.69 Å². The Bertz CT molecular complexity index is 582. The molecular weight excluding hydrogens is 310 g/mol. The van der Waals surface area contributed by atoms with E-state index in [9.17, 15) is 0 Å². The van der Waals surface area contributed by atoms with Crippen LogP contribution in [0.1, 0.15) is 23.6 Å². The van der Waals surface area contributed by atoms with Gasteiger partial charge >= 0.3 is 0 Å². The first-order valence-corrected chi connectivity index (χ1v) is 7.20. The molecule has 18 heavy (non-hydrogen) atoms. The lowest BCUT2D eigenvalue weighted by Crippen LogP contribution is -2.06. The highest BCUT2D eigenvalue weighted by Crippen LogP contribution is 2.37. The van der Waals surface area contributed by atoms with Gasteiger partial charge in [-0.1, -0.05) is 45.7 Å². The largest absolute Gasteiger partial charge is 0.378 e. The highest BCUT2D eigenvalue weighted by molar-refractivity contribution is 9.10. The summed E-state index contributed by atoms with van der Waals surface area (Å²) < 4.78 is 1.22. The summed E-state index contributed by atoms with van der Waals surface area (Å²) in [6.45, 7) is 0. The van der Waals surface area contributed by atoms with E-state index in [1.807, 2.05) is 18.2 Å². The quantitative estimate of drug-likeness (QED) is 0.801. The van der Waals surface area contributed by atoms with Crippen molar-refractivity contribution in [1.82, 2.24) is 0 Å². The molecule has 1 nitrogen and oxygen atoms in total. The van der Waals surface area contributed by atoms with Crippen LogP contribution in [0.3, 0.4) is 0 Å². The standard InChI is InChI=1S/C15H13BrClN/c16-14-6-2-5-13-12(14)7-8-15(13)18-11-4-1-3-10(17)9-11/h1-6,9,15,18H,7-8H2. The smallest absolute Gasteiger partial charge is 0.0520 e. The fourth-order valence-corrected chi connectivity index (χ4v) is 3.31. The van der Waals surface area contributed by atoms with Gasteiger partial charge in [-0.15, -0.1) is 0 Å². The number of hydrogen-bond acceptors (Lipinski definition) is 1. The van der Waals surface area contributed by atoms with E-state index in [0.717, 1.165) is 23.6 Å². The van der Waals surface area contributed by atoms with Crippen molar-refractivity contribution in [3.05, 3.63) is 63.1 Å². The van der Waals surface area contributed by atoms with Gasteiger partial charge in [-0.05, 0) is 48.2 Å². The zero-order chi connectivity index (χ0) is 12.5. The molecule has 0 saturated heterocycles. The second-order valence-electron chi connectivity index (χ2n) is 4.55. The predicted molar refractivity (Wildman–Crippen MR) is 80.3 cm³/mol. The average molecular weight is 323 g/mol. The molecule has 0 spiro atoms. The van der Waals surface area contributed by atoms with Crippen molar-refractivity contribution in [1.29, 1.82) is 0 Å². The summed E-state index contributed by atoms with van der Waals surface area (Å²) in [5.41, 5.74) is 3.90. The number of anilines is 1. The van der Waals surface area contributed by atoms with Crippen LogP contribution in [0.2, 0.25) is 5.02 Å². The Hall–Kier alpha value is -0.990. The van der Waals surface area contributed by atoms with E-state index in [1.54, 1.807) is 0 Å². The molecule has 0 aliphatic heterocycles. The Kier molecular flexibility index (Phi) is 3.31. The molecule has 0 saturated carbocycles. The second-order valence-corrected chi connectivity index (χ2v) is 5.84. The molecule has 1 aliphatic carbocycles. The Morgan fingerprint density at radius 2 is 2.00 bits per heavy atom. The third kappa shape index (κ3) is 2.27. The first-order valence-electron chi connectivity index (χ1n) is 6.03. The van der Waals surface area contributed by atoms with Gasteiger partial charge in [0.15, 0.2) is 0 Å². The lowest BCUT2D eigenvalue weighted by molar-refractivity contribution is 0.762. The van der Waals surface area contributed by atoms with Gasteiger partial charge in [0.05, 0.1) is 6.04 Å². The third-order valence-corrected chi connectivity index (χ3v) is 4.36. The molecule has 92 valence electrons. The van der Waals surface area contributed by atoms with Gasteiger partial charge in [0, 0.05) is 15.2 Å². The monoisotopic (exact) mass is 321 g/mol. The van der Waals surface area contributed by atoms with Crippen molar-refractivity contribution < 1.29 is 0 Å². The van der Waals surface area contributed by atoms with Gasteiger partial charge < -0.3 is 5.32 Å². The van der Waals surface area contributed by atoms with E-state index in [-0.39, 0.29) is 0 Å². The number of nitrogens with one attached hydrogen (secondary N) is 1. The SMILES string of the molecule is Clc1cccc(NC2CCc3c(Br)cccc32)c1. The van der Waals surface area contributed by atoms with Gasteiger partial charge in [-0.2, -0.15) is 0 Å². The second kappa shape index (κ2) is 4.94. The average Bonchev–Trinajstić information content (AvgIpc) is 2.74. The van der Waals surface area contributed by atoms with Crippen LogP contribution >= 0.6 is 27.5 Å². The first-order chi connectivity index (χ1) is 8.74. The molecule has 1 atom stereocenters. The minimum Gasteiger partial charge on any atom is -0.378 e. The summed E-state index contributed by atoms with van der Waals surface area (Å²) in [6, 6.07) is 14.7. The summed E-state index contributed by atoms with van der Waals surface area (Å²) in [5, 5.41) is 4.33. The molecule has 2 aromatic carbocycles. The van der Waals surface area contributed by atoms with Gasteiger partial charge in [0.2, 0.25) is 0 Å². The number of benzene rings is 2. The van der Waals surface area contributed by atoms with Crippen molar-refractivity contribution in [3.8, 4) is 0 Å². The summed E-state index contributed by atoms with van der Waals surface area (Å²) >= 11 is 9.63. The molecule has 0 aromatic heterocycles. The maximum atomic E-state index is 6.01. The van der Waals surface area contributed by atoms with Crippen molar-refractivity contribution in [2.24, 2.45) is 0 Å². The normalized spacial score (nSPS) is 17.6. The molecule has 0 amide bonds. The fourth-order valence-electron chi connectivity index (χ4n) is 2.54. The third-order valence-electron chi connectivity index (χ3n) is 3.38. The zero-order valence-electron chi connectivity index (χ0n) is 9.79. The van der Waals surface area contributed by atoms with E-state index in [0.29, 0.717) is 6.04 Å². The van der Waals surface area contributed by atoms with Gasteiger partial charge in [-0.25, -0.2) is 0 Å². The molecule has 3 heteroatoms. The maximum absolute atomic E-state index is 6.01. The Morgan fingerprint density at radius 1 is 1.17 bits per heavy atom. The van der Waals surface area contributed by atoms with Crippen molar-refractivity contribution in [3.63, 3.8) is 0 Å². The van der Waals surface area contributed by atoms with Crippen LogP contribution in [-0.2, 0) is 6.42 Å². The fraction of sp³-hybridized carbons (Fsp3) is 0.200. The number of fused-ring (bicyclic) bond motifs is 1. The van der Waals surface area contributed by atoms with Gasteiger partial charge in [0.25, 0.3) is 0 Å². The highest BCUT2D eigenvalue weighted by atomic mass is 79.9. The van der Waals surface area contributed by atoms with Crippen molar-refractivity contribution >= 4 is 33.2 Å². The Balaban J connectivity index is 1.87. The lowest BCUT2D eigenvalue weighted by Gasteiger charge is -2.16. The molecule has 0 heterocycles. The number of halogens is 2.